The summed E-state index contributed by atoms with van der Waals surface area (Å²) in [4.78, 5) is 27.3. The van der Waals surface area contributed by atoms with E-state index in [0.29, 0.717) is 16.7 Å². The lowest BCUT2D eigenvalue weighted by Gasteiger charge is -2.03. The maximum absolute atomic E-state index is 12.6. The zero-order valence-corrected chi connectivity index (χ0v) is 11.2. The summed E-state index contributed by atoms with van der Waals surface area (Å²) in [5.74, 6) is -1.14. The van der Waals surface area contributed by atoms with Crippen LogP contribution in [0.4, 0.5) is 5.69 Å². The van der Waals surface area contributed by atoms with Gasteiger partial charge in [-0.25, -0.2) is 4.85 Å². The van der Waals surface area contributed by atoms with Crippen LogP contribution in [0.3, 0.4) is 0 Å². The summed E-state index contributed by atoms with van der Waals surface area (Å²) in [6, 6.07) is 10.9. The van der Waals surface area contributed by atoms with Gasteiger partial charge in [0.15, 0.2) is 17.0 Å². The Morgan fingerprint density at radius 2 is 1.86 bits per heavy atom. The molecule has 2 aromatic carbocycles. The van der Waals surface area contributed by atoms with Crippen LogP contribution in [0.2, 0.25) is 0 Å². The van der Waals surface area contributed by atoms with Crippen LogP contribution in [-0.4, -0.2) is 16.8 Å². The van der Waals surface area contributed by atoms with Crippen LogP contribution in [0, 0.1) is 6.57 Å². The average molecular weight is 291 g/mol. The molecule has 0 aliphatic carbocycles. The summed E-state index contributed by atoms with van der Waals surface area (Å²) in [7, 11) is 0. The second-order valence-electron chi connectivity index (χ2n) is 4.56. The summed E-state index contributed by atoms with van der Waals surface area (Å²) >= 11 is 0. The van der Waals surface area contributed by atoms with Gasteiger partial charge in [0, 0.05) is 5.56 Å². The van der Waals surface area contributed by atoms with Crippen LogP contribution < -0.4 is 5.73 Å². The summed E-state index contributed by atoms with van der Waals surface area (Å²) in [6.07, 6.45) is 0. The van der Waals surface area contributed by atoms with E-state index in [4.69, 9.17) is 16.8 Å². The highest BCUT2D eigenvalue weighted by molar-refractivity contribution is 6.18. The quantitative estimate of drug-likeness (QED) is 0.593. The molecule has 3 rings (SSSR count). The number of ketones is 1. The number of carbonyl (C=O) groups is 2. The van der Waals surface area contributed by atoms with Gasteiger partial charge in [0.25, 0.3) is 0 Å². The van der Waals surface area contributed by atoms with Crippen molar-refractivity contribution in [2.24, 2.45) is 5.73 Å². The molecule has 6 nitrogen and oxygen atoms in total. The van der Waals surface area contributed by atoms with Crippen molar-refractivity contribution in [1.29, 1.82) is 0 Å². The number of primary amides is 1. The van der Waals surface area contributed by atoms with E-state index < -0.39 is 11.7 Å². The lowest BCUT2D eigenvalue weighted by Crippen LogP contribution is -2.16. The highest BCUT2D eigenvalue weighted by Gasteiger charge is 2.22. The van der Waals surface area contributed by atoms with Gasteiger partial charge in [-0.2, -0.15) is 0 Å². The lowest BCUT2D eigenvalue weighted by molar-refractivity contribution is 0.0979. The molecule has 106 valence electrons. The zero-order valence-electron chi connectivity index (χ0n) is 11.2. The number of amides is 1. The minimum absolute atomic E-state index is 0.0835. The third-order valence-corrected chi connectivity index (χ3v) is 3.24. The smallest absolute Gasteiger partial charge is 0.249 e. The number of fused-ring (bicyclic) bond motifs is 1. The third kappa shape index (κ3) is 2.11. The first kappa shape index (κ1) is 13.5. The van der Waals surface area contributed by atoms with Crippen molar-refractivity contribution in [2.75, 3.05) is 0 Å². The van der Waals surface area contributed by atoms with Crippen LogP contribution in [0.25, 0.3) is 15.8 Å². The van der Waals surface area contributed by atoms with Crippen molar-refractivity contribution in [2.45, 2.75) is 0 Å². The second-order valence-corrected chi connectivity index (χ2v) is 4.56. The average Bonchev–Trinajstić information content (AvgIpc) is 2.97. The molecule has 0 saturated heterocycles. The van der Waals surface area contributed by atoms with Crippen molar-refractivity contribution in [3.63, 3.8) is 0 Å². The van der Waals surface area contributed by atoms with Crippen molar-refractivity contribution < 1.29 is 14.1 Å². The molecule has 0 unspecified atom stereocenters. The van der Waals surface area contributed by atoms with Crippen molar-refractivity contribution in [1.82, 2.24) is 5.16 Å². The number of benzene rings is 2. The highest BCUT2D eigenvalue weighted by Crippen LogP contribution is 2.26. The van der Waals surface area contributed by atoms with Crippen LogP contribution in [0.15, 0.2) is 47.0 Å². The Kier molecular flexibility index (Phi) is 3.16. The highest BCUT2D eigenvalue weighted by atomic mass is 16.5. The molecule has 3 aromatic rings. The molecule has 0 saturated carbocycles. The van der Waals surface area contributed by atoms with E-state index >= 15 is 0 Å². The maximum Gasteiger partial charge on any atom is 0.249 e. The van der Waals surface area contributed by atoms with E-state index in [1.54, 1.807) is 24.3 Å². The normalized spacial score (nSPS) is 10.3. The van der Waals surface area contributed by atoms with Gasteiger partial charge in [-0.3, -0.25) is 9.59 Å². The Labute approximate surface area is 124 Å². The molecule has 0 aliphatic heterocycles. The van der Waals surface area contributed by atoms with Crippen LogP contribution >= 0.6 is 0 Å². The van der Waals surface area contributed by atoms with E-state index in [1.165, 1.54) is 18.2 Å². The standard InChI is InChI=1S/C16H9N3O3/c1-18-9-6-7-12-13(8-9)22-19-14(12)15(20)10-4-2-3-5-11(10)16(17)21/h2-8H,(H2,17,21). The molecule has 0 fully saturated rings. The van der Waals surface area contributed by atoms with E-state index in [1.807, 2.05) is 0 Å². The summed E-state index contributed by atoms with van der Waals surface area (Å²) in [5.41, 5.74) is 6.39. The number of aromatic nitrogens is 1. The van der Waals surface area contributed by atoms with Crippen LogP contribution in [0.5, 0.6) is 0 Å². The van der Waals surface area contributed by atoms with Gasteiger partial charge in [-0.1, -0.05) is 35.5 Å². The van der Waals surface area contributed by atoms with Gasteiger partial charge >= 0.3 is 0 Å². The number of carbonyl (C=O) groups excluding carboxylic acids is 2. The predicted octanol–water partition coefficient (Wildman–Crippen LogP) is 2.71. The molecular formula is C16H9N3O3. The first-order chi connectivity index (χ1) is 10.6. The van der Waals surface area contributed by atoms with Crippen LogP contribution in [0.1, 0.15) is 26.4 Å². The summed E-state index contributed by atoms with van der Waals surface area (Å²) < 4.78 is 5.10. The molecule has 2 N–H and O–H groups in total. The number of nitrogens with zero attached hydrogens (tertiary/aromatic N) is 2. The van der Waals surface area contributed by atoms with Crippen molar-refractivity contribution in [3.05, 3.63) is 70.7 Å². The number of nitrogens with two attached hydrogens (primary N) is 1. The number of hydrogen-bond donors (Lipinski definition) is 1. The maximum atomic E-state index is 12.6. The Bertz CT molecular complexity index is 951. The Hall–Kier alpha value is -3.46. The molecule has 0 atom stereocenters. The molecule has 0 spiro atoms. The summed E-state index contributed by atoms with van der Waals surface area (Å²) in [5, 5.41) is 4.25. The molecule has 0 bridgehead atoms. The first-order valence-corrected chi connectivity index (χ1v) is 6.32. The Morgan fingerprint density at radius 3 is 2.55 bits per heavy atom. The number of rotatable bonds is 3. The molecule has 0 aliphatic rings. The minimum atomic E-state index is -0.688. The van der Waals surface area contributed by atoms with Crippen LogP contribution in [-0.2, 0) is 0 Å². The third-order valence-electron chi connectivity index (χ3n) is 3.24. The fourth-order valence-corrected chi connectivity index (χ4v) is 2.18. The van der Waals surface area contributed by atoms with Gasteiger partial charge in [0.05, 0.1) is 17.5 Å². The van der Waals surface area contributed by atoms with Crippen molar-refractivity contribution >= 4 is 28.3 Å². The van der Waals surface area contributed by atoms with E-state index in [2.05, 4.69) is 10.0 Å². The molecule has 1 amide bonds. The van der Waals surface area contributed by atoms with Gasteiger partial charge in [0.2, 0.25) is 11.7 Å². The second kappa shape index (κ2) is 5.14. The Balaban J connectivity index is 2.15. The van der Waals surface area contributed by atoms with E-state index in [0.717, 1.165) is 0 Å². The number of hydrogen-bond acceptors (Lipinski definition) is 4. The van der Waals surface area contributed by atoms with E-state index in [-0.39, 0.29) is 16.8 Å². The molecular weight excluding hydrogens is 282 g/mol. The first-order valence-electron chi connectivity index (χ1n) is 6.32. The molecule has 22 heavy (non-hydrogen) atoms. The van der Waals surface area contributed by atoms with Crippen molar-refractivity contribution in [3.8, 4) is 0 Å². The minimum Gasteiger partial charge on any atom is -0.366 e. The van der Waals surface area contributed by atoms with Gasteiger partial charge < -0.3 is 10.3 Å². The molecule has 6 heteroatoms. The Morgan fingerprint density at radius 1 is 1.14 bits per heavy atom. The summed E-state index contributed by atoms with van der Waals surface area (Å²) in [6.45, 7) is 6.96. The zero-order chi connectivity index (χ0) is 15.7. The van der Waals surface area contributed by atoms with Gasteiger partial charge in [0.1, 0.15) is 0 Å². The monoisotopic (exact) mass is 291 g/mol. The van der Waals surface area contributed by atoms with Gasteiger partial charge in [-0.15, -0.1) is 0 Å². The fourth-order valence-electron chi connectivity index (χ4n) is 2.18. The molecule has 1 aromatic heterocycles. The predicted molar refractivity (Wildman–Crippen MR) is 78.7 cm³/mol. The largest absolute Gasteiger partial charge is 0.366 e. The van der Waals surface area contributed by atoms with E-state index in [9.17, 15) is 9.59 Å². The SMILES string of the molecule is [C-]#[N+]c1ccc2c(C(=O)c3ccccc3C(N)=O)noc2c1. The topological polar surface area (TPSA) is 90.6 Å². The molecule has 0 radical (unpaired) electrons. The molecule has 1 heterocycles. The fraction of sp³-hybridized carbons (Fsp3) is 0. The van der Waals surface area contributed by atoms with Gasteiger partial charge in [-0.05, 0) is 12.1 Å². The lowest BCUT2D eigenvalue weighted by atomic mass is 9.99.